The molecule has 0 bridgehead atoms. The van der Waals surface area contributed by atoms with Gasteiger partial charge in [0.05, 0.1) is 12.5 Å². The third kappa shape index (κ3) is 4.48. The molecule has 1 aliphatic rings. The van der Waals surface area contributed by atoms with E-state index in [0.717, 1.165) is 24.2 Å². The first kappa shape index (κ1) is 19.0. The van der Waals surface area contributed by atoms with Gasteiger partial charge in [-0.1, -0.05) is 43.7 Å². The molecule has 1 fully saturated rings. The molecule has 1 heterocycles. The van der Waals surface area contributed by atoms with Gasteiger partial charge in [0.2, 0.25) is 0 Å². The number of carboxylic acids is 1. The predicted octanol–water partition coefficient (Wildman–Crippen LogP) is 3.81. The fraction of sp³-hybridized carbons (Fsp3) is 0.364. The summed E-state index contributed by atoms with van der Waals surface area (Å²) in [5.41, 5.74) is 1.51. The smallest absolute Gasteiger partial charge is 0.308 e. The molecule has 2 aromatic carbocycles. The summed E-state index contributed by atoms with van der Waals surface area (Å²) < 4.78 is 5.63. The van der Waals surface area contributed by atoms with Gasteiger partial charge in [0.1, 0.15) is 5.75 Å². The lowest BCUT2D eigenvalue weighted by molar-refractivity contribution is -0.141. The van der Waals surface area contributed by atoms with E-state index in [1.165, 1.54) is 0 Å². The number of benzene rings is 2. The van der Waals surface area contributed by atoms with Gasteiger partial charge in [-0.05, 0) is 36.2 Å². The standard InChI is InChI=1S/C22H25NO4/c1-2-3-13-27-18-11-9-17(10-12-18)21(24)23-14-19(20(15-23)22(25)26)16-7-5-4-6-8-16/h4-12,19-20H,2-3,13-15H2,1H3,(H,25,26)/t19-,20-/m0/s1. The molecule has 27 heavy (non-hydrogen) atoms. The number of nitrogens with zero attached hydrogens (tertiary/aromatic N) is 1. The highest BCUT2D eigenvalue weighted by atomic mass is 16.5. The molecule has 1 N–H and O–H groups in total. The number of amides is 1. The van der Waals surface area contributed by atoms with E-state index in [1.807, 2.05) is 30.3 Å². The lowest BCUT2D eigenvalue weighted by atomic mass is 9.89. The van der Waals surface area contributed by atoms with Crippen LogP contribution in [0.4, 0.5) is 0 Å². The highest BCUT2D eigenvalue weighted by molar-refractivity contribution is 5.95. The van der Waals surface area contributed by atoms with E-state index in [1.54, 1.807) is 29.2 Å². The Kier molecular flexibility index (Phi) is 6.12. The molecular formula is C22H25NO4. The Morgan fingerprint density at radius 2 is 1.78 bits per heavy atom. The first-order valence-corrected chi connectivity index (χ1v) is 9.40. The fourth-order valence-corrected chi connectivity index (χ4v) is 3.47. The topological polar surface area (TPSA) is 66.8 Å². The number of carbonyl (C=O) groups excluding carboxylic acids is 1. The number of carboxylic acid groups (broad SMARTS) is 1. The molecule has 142 valence electrons. The Morgan fingerprint density at radius 1 is 1.07 bits per heavy atom. The molecule has 5 heteroatoms. The van der Waals surface area contributed by atoms with Gasteiger partial charge in [0.15, 0.2) is 0 Å². The minimum absolute atomic E-state index is 0.139. The van der Waals surface area contributed by atoms with E-state index in [2.05, 4.69) is 6.92 Å². The Morgan fingerprint density at radius 3 is 2.41 bits per heavy atom. The average molecular weight is 367 g/mol. The number of aliphatic carboxylic acids is 1. The molecule has 0 radical (unpaired) electrons. The summed E-state index contributed by atoms with van der Waals surface area (Å²) in [5, 5.41) is 9.60. The van der Waals surface area contributed by atoms with E-state index in [-0.39, 0.29) is 18.4 Å². The highest BCUT2D eigenvalue weighted by Crippen LogP contribution is 2.33. The lowest BCUT2D eigenvalue weighted by Crippen LogP contribution is -2.29. The largest absolute Gasteiger partial charge is 0.494 e. The highest BCUT2D eigenvalue weighted by Gasteiger charge is 2.40. The van der Waals surface area contributed by atoms with Crippen LogP contribution in [0.15, 0.2) is 54.6 Å². The van der Waals surface area contributed by atoms with Crippen LogP contribution >= 0.6 is 0 Å². The minimum Gasteiger partial charge on any atom is -0.494 e. The van der Waals surface area contributed by atoms with Crippen LogP contribution in [0, 0.1) is 5.92 Å². The van der Waals surface area contributed by atoms with Crippen molar-refractivity contribution < 1.29 is 19.4 Å². The van der Waals surface area contributed by atoms with Gasteiger partial charge in [-0.25, -0.2) is 0 Å². The molecule has 0 aromatic heterocycles. The van der Waals surface area contributed by atoms with Crippen molar-refractivity contribution in [2.75, 3.05) is 19.7 Å². The second-order valence-electron chi connectivity index (χ2n) is 6.90. The van der Waals surface area contributed by atoms with Gasteiger partial charge in [-0.3, -0.25) is 9.59 Å². The first-order valence-electron chi connectivity index (χ1n) is 9.40. The van der Waals surface area contributed by atoms with E-state index in [4.69, 9.17) is 4.74 Å². The van der Waals surface area contributed by atoms with Crippen molar-refractivity contribution in [2.45, 2.75) is 25.7 Å². The number of rotatable bonds is 7. The van der Waals surface area contributed by atoms with Gasteiger partial charge >= 0.3 is 5.97 Å². The molecule has 1 saturated heterocycles. The quantitative estimate of drug-likeness (QED) is 0.756. The Hall–Kier alpha value is -2.82. The summed E-state index contributed by atoms with van der Waals surface area (Å²) >= 11 is 0. The van der Waals surface area contributed by atoms with E-state index >= 15 is 0 Å². The molecule has 0 saturated carbocycles. The molecular weight excluding hydrogens is 342 g/mol. The van der Waals surface area contributed by atoms with Crippen molar-refractivity contribution in [3.63, 3.8) is 0 Å². The second kappa shape index (κ2) is 8.71. The summed E-state index contributed by atoms with van der Waals surface area (Å²) in [6.07, 6.45) is 2.06. The van der Waals surface area contributed by atoms with Gasteiger partial charge in [-0.2, -0.15) is 0 Å². The van der Waals surface area contributed by atoms with Crippen molar-refractivity contribution in [3.05, 3.63) is 65.7 Å². The lowest BCUT2D eigenvalue weighted by Gasteiger charge is -2.17. The zero-order valence-corrected chi connectivity index (χ0v) is 15.5. The zero-order chi connectivity index (χ0) is 19.2. The average Bonchev–Trinajstić information content (AvgIpc) is 3.15. The van der Waals surface area contributed by atoms with Crippen LogP contribution in [0.2, 0.25) is 0 Å². The summed E-state index contributed by atoms with van der Waals surface area (Å²) in [4.78, 5) is 26.2. The van der Waals surface area contributed by atoms with Crippen LogP contribution in [-0.4, -0.2) is 41.6 Å². The number of hydrogen-bond acceptors (Lipinski definition) is 3. The van der Waals surface area contributed by atoms with Crippen molar-refractivity contribution in [1.82, 2.24) is 4.90 Å². The molecule has 0 spiro atoms. The fourth-order valence-electron chi connectivity index (χ4n) is 3.47. The Bertz CT molecular complexity index is 773. The maximum absolute atomic E-state index is 12.9. The molecule has 0 aliphatic carbocycles. The summed E-state index contributed by atoms with van der Waals surface area (Å²) in [5.74, 6) is -1.04. The van der Waals surface area contributed by atoms with Crippen molar-refractivity contribution in [2.24, 2.45) is 5.92 Å². The van der Waals surface area contributed by atoms with Gasteiger partial charge in [-0.15, -0.1) is 0 Å². The second-order valence-corrected chi connectivity index (χ2v) is 6.90. The van der Waals surface area contributed by atoms with Crippen molar-refractivity contribution >= 4 is 11.9 Å². The van der Waals surface area contributed by atoms with Crippen LogP contribution in [0.5, 0.6) is 5.75 Å². The molecule has 5 nitrogen and oxygen atoms in total. The van der Waals surface area contributed by atoms with Crippen LogP contribution in [0.1, 0.15) is 41.6 Å². The van der Waals surface area contributed by atoms with Crippen LogP contribution < -0.4 is 4.74 Å². The molecule has 1 aliphatic heterocycles. The Labute approximate surface area is 159 Å². The molecule has 2 atom stereocenters. The number of carbonyl (C=O) groups is 2. The SMILES string of the molecule is CCCCOc1ccc(C(=O)N2C[C@H](C(=O)O)[C@H](c3ccccc3)C2)cc1. The van der Waals surface area contributed by atoms with Gasteiger partial charge in [0.25, 0.3) is 5.91 Å². The van der Waals surface area contributed by atoms with E-state index in [0.29, 0.717) is 18.7 Å². The third-order valence-corrected chi connectivity index (χ3v) is 5.02. The third-order valence-electron chi connectivity index (χ3n) is 5.02. The summed E-state index contributed by atoms with van der Waals surface area (Å²) in [7, 11) is 0. The Balaban J connectivity index is 1.70. The van der Waals surface area contributed by atoms with Gasteiger partial charge < -0.3 is 14.7 Å². The number of hydrogen-bond donors (Lipinski definition) is 1. The van der Waals surface area contributed by atoms with Crippen LogP contribution in [-0.2, 0) is 4.79 Å². The number of likely N-dealkylation sites (tertiary alicyclic amines) is 1. The van der Waals surface area contributed by atoms with Gasteiger partial charge in [0, 0.05) is 24.6 Å². The normalized spacial score (nSPS) is 19.1. The summed E-state index contributed by atoms with van der Waals surface area (Å²) in [6, 6.07) is 16.6. The summed E-state index contributed by atoms with van der Waals surface area (Å²) in [6.45, 7) is 3.40. The van der Waals surface area contributed by atoms with Crippen LogP contribution in [0.25, 0.3) is 0 Å². The van der Waals surface area contributed by atoms with E-state index in [9.17, 15) is 14.7 Å². The molecule has 0 unspecified atom stereocenters. The molecule has 2 aromatic rings. The van der Waals surface area contributed by atoms with Crippen molar-refractivity contribution in [3.8, 4) is 5.75 Å². The van der Waals surface area contributed by atoms with Crippen LogP contribution in [0.3, 0.4) is 0 Å². The maximum Gasteiger partial charge on any atom is 0.308 e. The van der Waals surface area contributed by atoms with Crippen molar-refractivity contribution in [1.29, 1.82) is 0 Å². The predicted molar refractivity (Wildman–Crippen MR) is 103 cm³/mol. The zero-order valence-electron chi connectivity index (χ0n) is 15.5. The maximum atomic E-state index is 12.9. The molecule has 3 rings (SSSR count). The van der Waals surface area contributed by atoms with E-state index < -0.39 is 11.9 Å². The number of ether oxygens (including phenoxy) is 1. The molecule has 1 amide bonds. The minimum atomic E-state index is -0.862. The first-order chi connectivity index (χ1) is 13.1. The number of unbranched alkanes of at least 4 members (excludes halogenated alkanes) is 1. The monoisotopic (exact) mass is 367 g/mol.